The van der Waals surface area contributed by atoms with E-state index in [0.29, 0.717) is 23.9 Å². The van der Waals surface area contributed by atoms with Crippen molar-refractivity contribution < 1.29 is 37.3 Å². The van der Waals surface area contributed by atoms with Gasteiger partial charge in [-0.2, -0.15) is 0 Å². The number of phosphoric ester groups is 1. The van der Waals surface area contributed by atoms with Crippen molar-refractivity contribution >= 4 is 19.7 Å². The number of nitrogens with zero attached hydrogens (tertiary/aromatic N) is 1. The second kappa shape index (κ2) is 46.7. The Kier molecular flexibility index (Phi) is 45.3. The van der Waals surface area contributed by atoms with Crippen LogP contribution in [0.4, 0.5) is 0 Å². The number of allylic oxidation sites excluding steroid dienone is 7. The number of quaternary nitrogens is 1. The van der Waals surface area contributed by atoms with Crippen molar-refractivity contribution in [3.8, 4) is 0 Å². The first-order valence-corrected chi connectivity index (χ1v) is 28.9. The lowest BCUT2D eigenvalue weighted by Gasteiger charge is -2.30. The van der Waals surface area contributed by atoms with Crippen molar-refractivity contribution in [3.05, 3.63) is 48.6 Å². The predicted molar refractivity (Wildman–Crippen MR) is 279 cm³/mol. The molecule has 0 fully saturated rings. The molecule has 1 amide bonds. The zero-order chi connectivity index (χ0) is 48.7. The van der Waals surface area contributed by atoms with E-state index in [1.165, 1.54) is 135 Å². The molecule has 386 valence electrons. The van der Waals surface area contributed by atoms with Crippen LogP contribution in [-0.2, 0) is 27.9 Å². The lowest BCUT2D eigenvalue weighted by atomic mass is 10.1. The highest BCUT2D eigenvalue weighted by Crippen LogP contribution is 2.38. The Morgan fingerprint density at radius 1 is 0.530 bits per heavy atom. The number of hydrogen-bond donors (Lipinski definition) is 1. The predicted octanol–water partition coefficient (Wildman–Crippen LogP) is 15.5. The topological polar surface area (TPSA) is 114 Å². The van der Waals surface area contributed by atoms with Gasteiger partial charge in [-0.15, -0.1) is 0 Å². The summed E-state index contributed by atoms with van der Waals surface area (Å²) >= 11 is 0. The Labute approximate surface area is 408 Å². The highest BCUT2D eigenvalue weighted by molar-refractivity contribution is 7.45. The van der Waals surface area contributed by atoms with Crippen molar-refractivity contribution in [1.29, 1.82) is 0 Å². The summed E-state index contributed by atoms with van der Waals surface area (Å²) in [6.45, 7) is 6.77. The maximum atomic E-state index is 13.4. The van der Waals surface area contributed by atoms with E-state index in [4.69, 9.17) is 13.8 Å². The number of likely N-dealkylation sites (N-methyl/N-ethyl adjacent to an activating group) is 1. The SMILES string of the molecule is CCCCCCCC/C=C\C/C=C/CCC(=O)OC(/C=C/CCCCCCCCCCC)C(COP(=O)([O-])OCC[N+](C)(C)C)NC(=O)CCCCCCC/C=C/CCCCCCCCC. The summed E-state index contributed by atoms with van der Waals surface area (Å²) in [6, 6.07) is -0.912. The fourth-order valence-corrected chi connectivity index (χ4v) is 8.41. The van der Waals surface area contributed by atoms with Crippen LogP contribution in [0.3, 0.4) is 0 Å². The molecule has 0 radical (unpaired) electrons. The fraction of sp³-hybridized carbons (Fsp3) is 0.821. The summed E-state index contributed by atoms with van der Waals surface area (Å²) in [4.78, 5) is 39.7. The first-order chi connectivity index (χ1) is 31.9. The number of rotatable bonds is 49. The van der Waals surface area contributed by atoms with Crippen LogP contribution in [-0.4, -0.2) is 69.4 Å². The van der Waals surface area contributed by atoms with Crippen LogP contribution in [0.15, 0.2) is 48.6 Å². The molecule has 0 bridgehead atoms. The molecule has 3 atom stereocenters. The third-order valence-corrected chi connectivity index (χ3v) is 13.0. The summed E-state index contributed by atoms with van der Waals surface area (Å²) in [5, 5.41) is 2.99. The van der Waals surface area contributed by atoms with Gasteiger partial charge in [-0.1, -0.05) is 205 Å². The summed E-state index contributed by atoms with van der Waals surface area (Å²) in [7, 11) is 1.15. The van der Waals surface area contributed by atoms with Gasteiger partial charge in [-0.25, -0.2) is 0 Å². The molecule has 66 heavy (non-hydrogen) atoms. The van der Waals surface area contributed by atoms with E-state index in [-0.39, 0.29) is 18.9 Å². The summed E-state index contributed by atoms with van der Waals surface area (Å²) in [5.74, 6) is -0.628. The van der Waals surface area contributed by atoms with Crippen LogP contribution >= 0.6 is 7.82 Å². The van der Waals surface area contributed by atoms with Crippen LogP contribution in [0.1, 0.15) is 245 Å². The minimum absolute atomic E-state index is 0.0314. The van der Waals surface area contributed by atoms with Crippen LogP contribution in [0.2, 0.25) is 0 Å². The molecule has 0 aliphatic carbocycles. The van der Waals surface area contributed by atoms with E-state index in [2.05, 4.69) is 56.5 Å². The number of carbonyl (C=O) groups is 2. The molecule has 0 spiro atoms. The standard InChI is InChI=1S/C56H105N2O7P/c1-7-10-13-16-19-22-25-27-28-29-31-33-36-39-42-45-48-55(59)57-53(52-64-66(61,62)63-51-50-58(4,5)6)54(47-44-41-38-35-32-24-21-18-15-12-9-3)65-56(60)49-46-43-40-37-34-30-26-23-20-17-14-11-8-2/h28-30,34,40,43-44,47,53-54H,7-27,31-33,35-39,41-42,45-46,48-52H2,1-6H3,(H-,57,59,61,62)/b29-28+,34-30-,43-40+,47-44+. The van der Waals surface area contributed by atoms with Gasteiger partial charge in [-0.3, -0.25) is 14.2 Å². The van der Waals surface area contributed by atoms with E-state index < -0.39 is 32.5 Å². The molecular formula is C56H105N2O7P. The zero-order valence-electron chi connectivity index (χ0n) is 43.9. The maximum absolute atomic E-state index is 13.4. The fourth-order valence-electron chi connectivity index (χ4n) is 7.69. The Morgan fingerprint density at radius 3 is 1.41 bits per heavy atom. The van der Waals surface area contributed by atoms with Gasteiger partial charge in [0.15, 0.2) is 0 Å². The van der Waals surface area contributed by atoms with Gasteiger partial charge in [0.2, 0.25) is 5.91 Å². The highest BCUT2D eigenvalue weighted by Gasteiger charge is 2.27. The van der Waals surface area contributed by atoms with Gasteiger partial charge in [-0.05, 0) is 76.7 Å². The molecule has 0 aromatic carbocycles. The minimum Gasteiger partial charge on any atom is -0.756 e. The molecule has 0 saturated carbocycles. The average molecular weight is 949 g/mol. The Hall–Kier alpha value is -2.03. The molecule has 3 unspecified atom stereocenters. The Bertz CT molecular complexity index is 1280. The van der Waals surface area contributed by atoms with Gasteiger partial charge in [0.25, 0.3) is 7.82 Å². The molecule has 0 saturated heterocycles. The average Bonchev–Trinajstić information content (AvgIpc) is 3.27. The number of nitrogens with one attached hydrogen (secondary N) is 1. The first kappa shape index (κ1) is 64.0. The van der Waals surface area contributed by atoms with E-state index in [1.807, 2.05) is 33.3 Å². The highest BCUT2D eigenvalue weighted by atomic mass is 31.2. The third kappa shape index (κ3) is 47.1. The molecular weight excluding hydrogens is 844 g/mol. The number of phosphoric acid groups is 1. The number of unbranched alkanes of at least 4 members (excludes halogenated alkanes) is 27. The second-order valence-corrected chi connectivity index (χ2v) is 21.1. The molecule has 0 aliphatic heterocycles. The van der Waals surface area contributed by atoms with E-state index >= 15 is 0 Å². The molecule has 0 aromatic rings. The minimum atomic E-state index is -4.70. The van der Waals surface area contributed by atoms with Crippen molar-refractivity contribution in [3.63, 3.8) is 0 Å². The smallest absolute Gasteiger partial charge is 0.306 e. The molecule has 0 aliphatic rings. The Morgan fingerprint density at radius 2 is 0.939 bits per heavy atom. The molecule has 10 heteroatoms. The number of ether oxygens (including phenoxy) is 1. The zero-order valence-corrected chi connectivity index (χ0v) is 44.8. The summed E-state index contributed by atoms with van der Waals surface area (Å²) in [6.07, 6.45) is 55.2. The summed E-state index contributed by atoms with van der Waals surface area (Å²) in [5.41, 5.74) is 0. The lowest BCUT2D eigenvalue weighted by molar-refractivity contribution is -0.870. The van der Waals surface area contributed by atoms with Crippen molar-refractivity contribution in [2.45, 2.75) is 258 Å². The van der Waals surface area contributed by atoms with Crippen LogP contribution < -0.4 is 10.2 Å². The van der Waals surface area contributed by atoms with Gasteiger partial charge in [0, 0.05) is 12.8 Å². The van der Waals surface area contributed by atoms with Gasteiger partial charge in [0.05, 0.1) is 33.8 Å². The van der Waals surface area contributed by atoms with Crippen LogP contribution in [0, 0.1) is 0 Å². The second-order valence-electron chi connectivity index (χ2n) is 19.7. The third-order valence-electron chi connectivity index (χ3n) is 12.0. The number of carbonyl (C=O) groups excluding carboxylic acids is 2. The number of hydrogen-bond acceptors (Lipinski definition) is 7. The molecule has 1 N–H and O–H groups in total. The largest absolute Gasteiger partial charge is 0.756 e. The summed E-state index contributed by atoms with van der Waals surface area (Å²) < 4.78 is 30.1. The number of esters is 1. The van der Waals surface area contributed by atoms with Gasteiger partial charge < -0.3 is 28.5 Å². The van der Waals surface area contributed by atoms with E-state index in [0.717, 1.165) is 70.6 Å². The van der Waals surface area contributed by atoms with Crippen molar-refractivity contribution in [2.24, 2.45) is 0 Å². The normalized spacial score (nSPS) is 14.2. The number of amides is 1. The molecule has 9 nitrogen and oxygen atoms in total. The van der Waals surface area contributed by atoms with Crippen LogP contribution in [0.5, 0.6) is 0 Å². The van der Waals surface area contributed by atoms with Crippen molar-refractivity contribution in [2.75, 3.05) is 40.9 Å². The lowest BCUT2D eigenvalue weighted by Crippen LogP contribution is -2.47. The quantitative estimate of drug-likeness (QED) is 0.0212. The molecule has 0 aromatic heterocycles. The van der Waals surface area contributed by atoms with E-state index in [9.17, 15) is 19.0 Å². The monoisotopic (exact) mass is 949 g/mol. The molecule has 0 rings (SSSR count). The first-order valence-electron chi connectivity index (χ1n) is 27.4. The van der Waals surface area contributed by atoms with Crippen molar-refractivity contribution in [1.82, 2.24) is 5.32 Å². The van der Waals surface area contributed by atoms with Crippen LogP contribution in [0.25, 0.3) is 0 Å². The van der Waals surface area contributed by atoms with Gasteiger partial charge >= 0.3 is 5.97 Å². The molecule has 0 heterocycles. The van der Waals surface area contributed by atoms with E-state index in [1.54, 1.807) is 6.08 Å². The maximum Gasteiger partial charge on any atom is 0.306 e. The van der Waals surface area contributed by atoms with Gasteiger partial charge in [0.1, 0.15) is 19.3 Å². The Balaban J connectivity index is 5.44.